The van der Waals surface area contributed by atoms with Gasteiger partial charge in [0.25, 0.3) is 0 Å². The lowest BCUT2D eigenvalue weighted by molar-refractivity contribution is -0.0459. The first-order valence-corrected chi connectivity index (χ1v) is 6.43. The van der Waals surface area contributed by atoms with Crippen molar-refractivity contribution < 1.29 is 14.9 Å². The van der Waals surface area contributed by atoms with E-state index in [1.807, 2.05) is 0 Å². The Morgan fingerprint density at radius 3 is 2.84 bits per heavy atom. The summed E-state index contributed by atoms with van der Waals surface area (Å²) in [6.07, 6.45) is 2.03. The van der Waals surface area contributed by atoms with Gasteiger partial charge in [0.15, 0.2) is 0 Å². The molecule has 0 spiro atoms. The molecule has 1 aromatic heterocycles. The maximum Gasteiger partial charge on any atom is 0.351 e. The summed E-state index contributed by atoms with van der Waals surface area (Å²) in [6.45, 7) is -0.274. The number of ether oxygens (including phenoxy) is 1. The van der Waals surface area contributed by atoms with Crippen LogP contribution in [0.3, 0.4) is 0 Å². The number of aliphatic hydroxyl groups excluding tert-OH is 2. The zero-order chi connectivity index (χ0) is 13.6. The standard InChI is InChI=1S/C12H17N3O4/c13-11-7(6-1-2-6)4-15(12(18)14-11)10-3-8(17)9(5-16)19-10/h4,6,8-10,16-17H,1-3,5H2,(H2,13,14,18)/t8-,9+,10-/m0/s1. The highest BCUT2D eigenvalue weighted by molar-refractivity contribution is 5.41. The lowest BCUT2D eigenvalue weighted by Gasteiger charge is -2.16. The molecular weight excluding hydrogens is 250 g/mol. The van der Waals surface area contributed by atoms with E-state index in [0.29, 0.717) is 5.92 Å². The predicted molar refractivity (Wildman–Crippen MR) is 66.5 cm³/mol. The highest BCUT2D eigenvalue weighted by Crippen LogP contribution is 2.42. The van der Waals surface area contributed by atoms with Gasteiger partial charge < -0.3 is 20.7 Å². The van der Waals surface area contributed by atoms with E-state index in [-0.39, 0.29) is 18.8 Å². The molecule has 3 rings (SSSR count). The van der Waals surface area contributed by atoms with Crippen LogP contribution in [0.4, 0.5) is 5.82 Å². The molecule has 19 heavy (non-hydrogen) atoms. The van der Waals surface area contributed by atoms with Gasteiger partial charge in [-0.05, 0) is 18.8 Å². The molecule has 1 aliphatic heterocycles. The third-order valence-electron chi connectivity index (χ3n) is 3.72. The van der Waals surface area contributed by atoms with Crippen LogP contribution in [-0.4, -0.2) is 38.6 Å². The van der Waals surface area contributed by atoms with Crippen LogP contribution in [0.1, 0.15) is 37.0 Å². The monoisotopic (exact) mass is 267 g/mol. The van der Waals surface area contributed by atoms with Gasteiger partial charge in [-0.3, -0.25) is 4.57 Å². The largest absolute Gasteiger partial charge is 0.394 e. The molecule has 0 aromatic carbocycles. The average Bonchev–Trinajstić information content (AvgIpc) is 3.13. The molecule has 104 valence electrons. The van der Waals surface area contributed by atoms with E-state index in [4.69, 9.17) is 15.6 Å². The van der Waals surface area contributed by atoms with E-state index < -0.39 is 24.1 Å². The van der Waals surface area contributed by atoms with Crippen LogP contribution in [0.5, 0.6) is 0 Å². The van der Waals surface area contributed by atoms with E-state index >= 15 is 0 Å². The van der Waals surface area contributed by atoms with Crippen molar-refractivity contribution in [2.75, 3.05) is 12.3 Å². The number of nitrogens with zero attached hydrogens (tertiary/aromatic N) is 2. The molecule has 0 radical (unpaired) electrons. The summed E-state index contributed by atoms with van der Waals surface area (Å²) in [5.41, 5.74) is 6.13. The number of nitrogen functional groups attached to an aromatic ring is 1. The number of anilines is 1. The van der Waals surface area contributed by atoms with Crippen molar-refractivity contribution in [2.24, 2.45) is 0 Å². The van der Waals surface area contributed by atoms with Gasteiger partial charge in [0.05, 0.1) is 12.7 Å². The van der Waals surface area contributed by atoms with Crippen molar-refractivity contribution in [3.8, 4) is 0 Å². The first-order valence-electron chi connectivity index (χ1n) is 6.43. The van der Waals surface area contributed by atoms with Gasteiger partial charge in [-0.1, -0.05) is 0 Å². The minimum Gasteiger partial charge on any atom is -0.394 e. The second-order valence-corrected chi connectivity index (χ2v) is 5.16. The molecule has 7 heteroatoms. The summed E-state index contributed by atoms with van der Waals surface area (Å²) in [7, 11) is 0. The summed E-state index contributed by atoms with van der Waals surface area (Å²) >= 11 is 0. The fraction of sp³-hybridized carbons (Fsp3) is 0.667. The molecule has 2 heterocycles. The van der Waals surface area contributed by atoms with Crippen LogP contribution in [0.15, 0.2) is 11.0 Å². The number of aliphatic hydroxyl groups is 2. The quantitative estimate of drug-likeness (QED) is 0.670. The van der Waals surface area contributed by atoms with Gasteiger partial charge in [-0.2, -0.15) is 4.98 Å². The maximum atomic E-state index is 11.9. The van der Waals surface area contributed by atoms with Crippen molar-refractivity contribution in [3.05, 3.63) is 22.2 Å². The summed E-state index contributed by atoms with van der Waals surface area (Å²) < 4.78 is 6.83. The van der Waals surface area contributed by atoms with Crippen molar-refractivity contribution in [1.82, 2.24) is 9.55 Å². The molecule has 2 fully saturated rings. The van der Waals surface area contributed by atoms with E-state index in [1.54, 1.807) is 6.20 Å². The van der Waals surface area contributed by atoms with Crippen molar-refractivity contribution in [2.45, 2.75) is 43.6 Å². The van der Waals surface area contributed by atoms with Crippen molar-refractivity contribution in [3.63, 3.8) is 0 Å². The lowest BCUT2D eigenvalue weighted by atomic mass is 10.2. The third-order valence-corrected chi connectivity index (χ3v) is 3.72. The Bertz CT molecular complexity index is 540. The predicted octanol–water partition coefficient (Wildman–Crippen LogP) is -0.656. The van der Waals surface area contributed by atoms with E-state index in [9.17, 15) is 9.90 Å². The Balaban J connectivity index is 1.92. The molecule has 4 N–H and O–H groups in total. The Labute approximate surface area is 109 Å². The number of hydrogen-bond donors (Lipinski definition) is 3. The van der Waals surface area contributed by atoms with Crippen LogP contribution in [0.25, 0.3) is 0 Å². The topological polar surface area (TPSA) is 111 Å². The molecule has 0 amide bonds. The number of nitrogens with two attached hydrogens (primary N) is 1. The Morgan fingerprint density at radius 2 is 2.26 bits per heavy atom. The van der Waals surface area contributed by atoms with Gasteiger partial charge >= 0.3 is 5.69 Å². The summed E-state index contributed by atoms with van der Waals surface area (Å²) in [4.78, 5) is 15.7. The zero-order valence-electron chi connectivity index (χ0n) is 10.4. The second-order valence-electron chi connectivity index (χ2n) is 5.16. The average molecular weight is 267 g/mol. The number of aromatic nitrogens is 2. The summed E-state index contributed by atoms with van der Waals surface area (Å²) in [6, 6.07) is 0. The molecule has 1 saturated carbocycles. The molecule has 1 saturated heterocycles. The Hall–Kier alpha value is -1.44. The highest BCUT2D eigenvalue weighted by Gasteiger charge is 2.36. The molecule has 1 aliphatic carbocycles. The molecular formula is C12H17N3O4. The van der Waals surface area contributed by atoms with Gasteiger partial charge in [-0.15, -0.1) is 0 Å². The van der Waals surface area contributed by atoms with Crippen LogP contribution < -0.4 is 11.4 Å². The lowest BCUT2D eigenvalue weighted by Crippen LogP contribution is -2.29. The minimum absolute atomic E-state index is 0.265. The van der Waals surface area contributed by atoms with Crippen molar-refractivity contribution in [1.29, 1.82) is 0 Å². The SMILES string of the molecule is Nc1nc(=O)n([C@@H]2C[C@H](O)[C@@H](CO)O2)cc1C1CC1. The molecule has 7 nitrogen and oxygen atoms in total. The first-order chi connectivity index (χ1) is 9.10. The van der Waals surface area contributed by atoms with Gasteiger partial charge in [-0.25, -0.2) is 4.79 Å². The smallest absolute Gasteiger partial charge is 0.351 e. The summed E-state index contributed by atoms with van der Waals surface area (Å²) in [5.74, 6) is 0.653. The van der Waals surface area contributed by atoms with Crippen LogP contribution in [-0.2, 0) is 4.74 Å². The number of rotatable bonds is 3. The summed E-state index contributed by atoms with van der Waals surface area (Å²) in [5, 5.41) is 18.8. The van der Waals surface area contributed by atoms with E-state index in [0.717, 1.165) is 18.4 Å². The number of hydrogen-bond acceptors (Lipinski definition) is 6. The van der Waals surface area contributed by atoms with Crippen molar-refractivity contribution >= 4 is 5.82 Å². The molecule has 3 atom stereocenters. The van der Waals surface area contributed by atoms with Gasteiger partial charge in [0.1, 0.15) is 18.1 Å². The second kappa shape index (κ2) is 4.59. The molecule has 1 aromatic rings. The first kappa shape index (κ1) is 12.6. The molecule has 0 unspecified atom stereocenters. The van der Waals surface area contributed by atoms with Crippen LogP contribution >= 0.6 is 0 Å². The normalized spacial score (nSPS) is 30.7. The van der Waals surface area contributed by atoms with Gasteiger partial charge in [0.2, 0.25) is 0 Å². The van der Waals surface area contributed by atoms with Gasteiger partial charge in [0, 0.05) is 18.2 Å². The third kappa shape index (κ3) is 2.24. The van der Waals surface area contributed by atoms with E-state index in [2.05, 4.69) is 4.98 Å². The molecule has 0 bridgehead atoms. The fourth-order valence-corrected chi connectivity index (χ4v) is 2.46. The highest BCUT2D eigenvalue weighted by atomic mass is 16.5. The zero-order valence-corrected chi connectivity index (χ0v) is 10.4. The fourth-order valence-electron chi connectivity index (χ4n) is 2.46. The van der Waals surface area contributed by atoms with Crippen LogP contribution in [0.2, 0.25) is 0 Å². The Kier molecular flexibility index (Phi) is 3.04. The van der Waals surface area contributed by atoms with E-state index in [1.165, 1.54) is 4.57 Å². The maximum absolute atomic E-state index is 11.9. The van der Waals surface area contributed by atoms with Crippen LogP contribution in [0, 0.1) is 0 Å². The minimum atomic E-state index is -0.774. The molecule has 2 aliphatic rings. The Morgan fingerprint density at radius 1 is 1.53 bits per heavy atom.